The van der Waals surface area contributed by atoms with Crippen molar-refractivity contribution in [3.63, 3.8) is 0 Å². The van der Waals surface area contributed by atoms with Gasteiger partial charge >= 0.3 is 17.1 Å². The number of aromatic nitrogens is 18. The van der Waals surface area contributed by atoms with Gasteiger partial charge in [-0.2, -0.15) is 19.9 Å². The highest BCUT2D eigenvalue weighted by Gasteiger charge is 2.28. The van der Waals surface area contributed by atoms with Crippen molar-refractivity contribution < 1.29 is 57.5 Å². The molecule has 0 unspecified atom stereocenters. The number of H-pyrrole nitrogens is 3. The SMILES string of the molecule is Cc1cn(CC(=O)N(CCNC(=O)CN(CCNC(=O)CN(CCN)C(=O)Cn2ccc(N)nc2=O)C(=O)Cn2cnc3c(=O)[nH]c(N)nc32)CC(=O)NCCN(CC(=O)NCCN(CC(=O)NCCN(CC(N)=O)C(=O)Cn2cnc3c(=O)[nH]c(N)nc32)C(=O)Cn2ccc(N)nc2=O)C(=O)Cn2cnc3c(N)ncnc32)c(=O)[nH]c1=O. The van der Waals surface area contributed by atoms with Crippen molar-refractivity contribution in [1.29, 1.82) is 0 Å². The van der Waals surface area contributed by atoms with E-state index in [1.165, 1.54) is 51.5 Å². The number of anilines is 5. The number of nitrogen functional groups attached to an aromatic ring is 5. The van der Waals surface area contributed by atoms with E-state index in [0.717, 1.165) is 68.3 Å². The Balaban J connectivity index is 0.858. The predicted molar refractivity (Wildman–Crippen MR) is 410 cm³/mol. The Morgan fingerprint density at radius 1 is 0.390 bits per heavy atom. The number of carbonyl (C=O) groups is 12. The first-order valence-electron chi connectivity index (χ1n) is 35.5. The molecule has 9 aromatic rings. The maximum atomic E-state index is 14.4. The van der Waals surface area contributed by atoms with Gasteiger partial charge in [-0.05, 0) is 19.1 Å². The van der Waals surface area contributed by atoms with E-state index in [0.29, 0.717) is 0 Å². The topological polar surface area (TPSA) is 762 Å². The van der Waals surface area contributed by atoms with Gasteiger partial charge in [0.2, 0.25) is 82.8 Å². The van der Waals surface area contributed by atoms with Gasteiger partial charge in [-0.25, -0.2) is 39.3 Å². The zero-order valence-electron chi connectivity index (χ0n) is 62.9. The highest BCUT2D eigenvalue weighted by atomic mass is 16.2. The minimum atomic E-state index is -1.00. The summed E-state index contributed by atoms with van der Waals surface area (Å²) < 4.78 is 6.37. The number of nitrogens with two attached hydrogens (primary N) is 7. The summed E-state index contributed by atoms with van der Waals surface area (Å²) in [5.41, 5.74) is 34.8. The number of aromatic amines is 3. The van der Waals surface area contributed by atoms with Crippen molar-refractivity contribution in [2.24, 2.45) is 11.5 Å². The number of nitrogens with one attached hydrogen (secondary N) is 8. The van der Waals surface area contributed by atoms with Crippen LogP contribution in [0.4, 0.5) is 29.4 Å². The molecular weight excluding hydrogens is 1560 g/mol. The fraction of sp³-hybridized carbons (Fsp3) is 0.391. The van der Waals surface area contributed by atoms with Crippen LogP contribution >= 0.6 is 0 Å². The highest BCUT2D eigenvalue weighted by Crippen LogP contribution is 2.15. The van der Waals surface area contributed by atoms with E-state index in [1.54, 1.807) is 0 Å². The molecule has 0 saturated carbocycles. The van der Waals surface area contributed by atoms with Gasteiger partial charge in [0.15, 0.2) is 33.8 Å². The quantitative estimate of drug-likeness (QED) is 0.0169. The summed E-state index contributed by atoms with van der Waals surface area (Å²) in [4.78, 5) is 288. The fourth-order valence-electron chi connectivity index (χ4n) is 11.4. The summed E-state index contributed by atoms with van der Waals surface area (Å²) >= 11 is 0. The molecule has 0 atom stereocenters. The van der Waals surface area contributed by atoms with Crippen LogP contribution in [0.2, 0.25) is 0 Å². The van der Waals surface area contributed by atoms with Gasteiger partial charge in [-0.1, -0.05) is 0 Å². The molecule has 0 aliphatic rings. The van der Waals surface area contributed by atoms with Crippen molar-refractivity contribution in [1.82, 2.24) is 143 Å². The van der Waals surface area contributed by atoms with Crippen molar-refractivity contribution in [2.45, 2.75) is 46.2 Å². The molecule has 0 bridgehead atoms. The number of imidazole rings is 3. The summed E-state index contributed by atoms with van der Waals surface area (Å²) in [5, 5.41) is 12.8. The fourth-order valence-corrected chi connectivity index (χ4v) is 11.4. The molecule has 0 saturated heterocycles. The molecule has 118 heavy (non-hydrogen) atoms. The third-order valence-electron chi connectivity index (χ3n) is 17.3. The van der Waals surface area contributed by atoms with E-state index in [1.807, 2.05) is 0 Å². The Hall–Kier alpha value is -15.7. The van der Waals surface area contributed by atoms with E-state index in [2.05, 4.69) is 86.4 Å². The van der Waals surface area contributed by atoms with Gasteiger partial charge in [0.05, 0.1) is 58.3 Å². The first-order valence-corrected chi connectivity index (χ1v) is 35.5. The zero-order chi connectivity index (χ0) is 85.6. The van der Waals surface area contributed by atoms with Crippen LogP contribution in [0.25, 0.3) is 33.5 Å². The Morgan fingerprint density at radius 3 is 1.08 bits per heavy atom. The molecule has 0 aliphatic carbocycles. The highest BCUT2D eigenvalue weighted by molar-refractivity contribution is 5.90. The monoisotopic (exact) mass is 1640 g/mol. The van der Waals surface area contributed by atoms with Crippen LogP contribution in [0.15, 0.2) is 84.8 Å². The van der Waals surface area contributed by atoms with E-state index in [-0.39, 0.29) is 108 Å². The van der Waals surface area contributed by atoms with Gasteiger partial charge in [0.1, 0.15) is 62.7 Å². The molecule has 9 aromatic heterocycles. The number of hydrogen-bond donors (Lipinski definition) is 15. The van der Waals surface area contributed by atoms with Crippen LogP contribution in [0.1, 0.15) is 5.56 Å². The van der Waals surface area contributed by atoms with Crippen LogP contribution in [0.5, 0.6) is 0 Å². The molecule has 0 aliphatic heterocycles. The van der Waals surface area contributed by atoms with E-state index in [9.17, 15) is 86.3 Å². The van der Waals surface area contributed by atoms with Crippen molar-refractivity contribution in [3.05, 3.63) is 124 Å². The van der Waals surface area contributed by atoms with Gasteiger partial charge < -0.3 is 110 Å². The van der Waals surface area contributed by atoms with Crippen molar-refractivity contribution in [2.75, 3.05) is 146 Å². The number of fused-ring (bicyclic) bond motifs is 3. The van der Waals surface area contributed by atoms with Gasteiger partial charge in [0, 0.05) is 103 Å². The van der Waals surface area contributed by atoms with Crippen molar-refractivity contribution in [3.8, 4) is 0 Å². The second-order valence-electron chi connectivity index (χ2n) is 25.9. The van der Waals surface area contributed by atoms with Crippen LogP contribution in [0.3, 0.4) is 0 Å². The minimum Gasteiger partial charge on any atom is -0.383 e. The standard InChI is InChI=1S/C64H82N36O18/c1-35-18-97(64(118)88-57(35)113)27-46(109)92(15-7-75-43(106)24-94(49(112)30-100-34-81-52-56(100)85-61(71)87-59(52)115)17-8-73-39(102)20-89(12-4-65)44(107)25-95-10-2-36(66)82-62(95)116)22-41(104)76-9-16-93(48(111)28-98-32-79-50-53(69)77-31-78-54(50)98)23-42(105)74-6-14-91(45(108)26-96-11-3-37(67)83-63(96)117)21-40(103)72-5-13-90(19-38(68)101)47(110)29-99-33-80-51-55(99)84-60(70)86-58(51)114/h2-3,10-11,18,31-34H,4-9,12-17,19-30,65H2,1H3,(H2,68,101)(H,72,103)(H,73,102)(H,74,105)(H,75,106)(H,76,104)(H2,66,82,116)(H2,67,83,117)(H2,69,77,78)(H,88,113,118)(H3,70,84,86,114)(H3,71,85,87,115). The summed E-state index contributed by atoms with van der Waals surface area (Å²) in [6.45, 7) is -10.8. The third kappa shape index (κ3) is 23.7. The predicted octanol–water partition coefficient (Wildman–Crippen LogP) is -13.6. The lowest BCUT2D eigenvalue weighted by molar-refractivity contribution is -0.138. The maximum absolute atomic E-state index is 14.4. The van der Waals surface area contributed by atoms with Crippen LogP contribution in [-0.2, 0) is 96.8 Å². The lowest BCUT2D eigenvalue weighted by atomic mass is 10.3. The molecule has 9 rings (SSSR count). The average Bonchev–Trinajstić information content (AvgIpc) is 1.67. The molecule has 22 N–H and O–H groups in total. The Kier molecular flexibility index (Phi) is 29.0. The Labute approximate surface area is 660 Å². The van der Waals surface area contributed by atoms with Gasteiger partial charge in [-0.15, -0.1) is 0 Å². The number of carbonyl (C=O) groups excluding carboxylic acids is 12. The molecule has 0 fully saturated rings. The first kappa shape index (κ1) is 86.3. The number of rotatable bonds is 41. The van der Waals surface area contributed by atoms with Crippen molar-refractivity contribution >= 4 is 134 Å². The molecule has 54 nitrogen and oxygen atoms in total. The molecule has 0 aromatic carbocycles. The molecule has 9 heterocycles. The Bertz CT molecular complexity index is 5700. The van der Waals surface area contributed by atoms with Gasteiger partial charge in [-0.3, -0.25) is 101 Å². The first-order chi connectivity index (χ1) is 56.2. The lowest BCUT2D eigenvalue weighted by Gasteiger charge is -2.26. The summed E-state index contributed by atoms with van der Waals surface area (Å²) in [6.07, 6.45) is 8.13. The number of amides is 12. The average molecular weight is 1640 g/mol. The summed E-state index contributed by atoms with van der Waals surface area (Å²) in [5.74, 6) is -10.8. The minimum absolute atomic E-state index is 0.0264. The molecule has 0 spiro atoms. The van der Waals surface area contributed by atoms with Gasteiger partial charge in [0.25, 0.3) is 16.7 Å². The second-order valence-corrected chi connectivity index (χ2v) is 25.9. The van der Waals surface area contributed by atoms with E-state index >= 15 is 0 Å². The summed E-state index contributed by atoms with van der Waals surface area (Å²) in [6, 6.07) is 2.53. The normalized spacial score (nSPS) is 11.1. The Morgan fingerprint density at radius 2 is 0.720 bits per heavy atom. The van der Waals surface area contributed by atoms with Crippen LogP contribution in [0, 0.1) is 6.92 Å². The number of primary amides is 1. The second kappa shape index (κ2) is 39.7. The molecule has 54 heteroatoms. The van der Waals surface area contributed by atoms with Crippen LogP contribution < -0.4 is 100 Å². The smallest absolute Gasteiger partial charge is 0.349 e. The lowest BCUT2D eigenvalue weighted by Crippen LogP contribution is -2.50. The number of hydrogen-bond acceptors (Lipinski definition) is 33. The number of nitrogens with zero attached hydrogens (tertiary/aromatic N) is 21. The molecule has 0 radical (unpaired) electrons. The van der Waals surface area contributed by atoms with E-state index < -0.39 is 222 Å². The molecule has 12 amide bonds. The maximum Gasteiger partial charge on any atom is 0.349 e. The van der Waals surface area contributed by atoms with Crippen LogP contribution in [-0.4, -0.2) is 305 Å². The molecular formula is C64H82N36O18. The zero-order valence-corrected chi connectivity index (χ0v) is 62.9. The molecule has 626 valence electrons. The van der Waals surface area contributed by atoms with E-state index in [4.69, 9.17) is 40.1 Å². The number of aryl methyl sites for hydroxylation is 1. The largest absolute Gasteiger partial charge is 0.383 e. The third-order valence-corrected chi connectivity index (χ3v) is 17.3. The summed E-state index contributed by atoms with van der Waals surface area (Å²) in [7, 11) is 0.